The number of aliphatic carboxylic acids is 1. The molecule has 3 aliphatic rings. The average Bonchev–Trinajstić information content (AvgIpc) is 3.28. The number of carboxylic acids is 1. The number of ether oxygens (including phenoxy) is 1. The summed E-state index contributed by atoms with van der Waals surface area (Å²) in [6.07, 6.45) is 3.61. The number of hydrogen-bond acceptors (Lipinski definition) is 6. The number of allylic oxidation sites excluding steroid dienone is 1. The Kier molecular flexibility index (Phi) is 5.36. The normalized spacial score (nSPS) is 21.7. The van der Waals surface area contributed by atoms with Crippen LogP contribution in [0.1, 0.15) is 25.0 Å². The van der Waals surface area contributed by atoms with Crippen LogP contribution in [0.15, 0.2) is 48.4 Å². The molecule has 3 aliphatic heterocycles. The minimum atomic E-state index is -0.816. The van der Waals surface area contributed by atoms with Gasteiger partial charge in [0.2, 0.25) is 0 Å². The van der Waals surface area contributed by atoms with Crippen LogP contribution >= 0.6 is 0 Å². The van der Waals surface area contributed by atoms with E-state index in [1.54, 1.807) is 12.3 Å². The van der Waals surface area contributed by atoms with Crippen LogP contribution in [0, 0.1) is 5.82 Å². The van der Waals surface area contributed by atoms with Crippen molar-refractivity contribution in [1.29, 1.82) is 0 Å². The summed E-state index contributed by atoms with van der Waals surface area (Å²) in [5.74, 6) is -0.323. The molecule has 8 nitrogen and oxygen atoms in total. The van der Waals surface area contributed by atoms with Gasteiger partial charge in [0.1, 0.15) is 23.0 Å². The smallest absolute Gasteiger partial charge is 0.317 e. The molecule has 2 N–H and O–H groups in total. The highest BCUT2D eigenvalue weighted by Gasteiger charge is 2.38. The van der Waals surface area contributed by atoms with E-state index in [0.29, 0.717) is 48.8 Å². The number of carbonyl (C=O) groups excluding carboxylic acids is 1. The van der Waals surface area contributed by atoms with Crippen LogP contribution in [-0.4, -0.2) is 65.2 Å². The van der Waals surface area contributed by atoms with E-state index in [9.17, 15) is 14.0 Å². The van der Waals surface area contributed by atoms with Crippen molar-refractivity contribution in [3.05, 3.63) is 65.3 Å². The van der Waals surface area contributed by atoms with Crippen LogP contribution in [0.3, 0.4) is 0 Å². The monoisotopic (exact) mass is 464 g/mol. The molecule has 34 heavy (non-hydrogen) atoms. The van der Waals surface area contributed by atoms with Gasteiger partial charge in [0.05, 0.1) is 12.1 Å². The van der Waals surface area contributed by atoms with E-state index in [-0.39, 0.29) is 12.5 Å². The Labute approximate surface area is 196 Å². The zero-order valence-electron chi connectivity index (χ0n) is 19.0. The number of nitrogens with one attached hydrogen (secondary N) is 1. The first-order valence-corrected chi connectivity index (χ1v) is 11.1. The Bertz CT molecular complexity index is 1230. The highest BCUT2D eigenvalue weighted by atomic mass is 19.1. The summed E-state index contributed by atoms with van der Waals surface area (Å²) in [7, 11) is 0. The van der Waals surface area contributed by atoms with Crippen molar-refractivity contribution < 1.29 is 23.8 Å². The summed E-state index contributed by atoms with van der Waals surface area (Å²) in [6.45, 7) is 6.64. The maximum absolute atomic E-state index is 13.9. The number of anilines is 2. The van der Waals surface area contributed by atoms with Crippen LogP contribution in [0.25, 0.3) is 11.1 Å². The van der Waals surface area contributed by atoms with Crippen LogP contribution in [0.2, 0.25) is 0 Å². The van der Waals surface area contributed by atoms with Gasteiger partial charge in [0.25, 0.3) is 5.91 Å². The lowest BCUT2D eigenvalue weighted by molar-refractivity contribution is -0.138. The molecule has 0 radical (unpaired) electrons. The lowest BCUT2D eigenvalue weighted by atomic mass is 9.93. The van der Waals surface area contributed by atoms with Crippen molar-refractivity contribution in [1.82, 2.24) is 9.88 Å². The summed E-state index contributed by atoms with van der Waals surface area (Å²) in [4.78, 5) is 32.2. The second-order valence-electron chi connectivity index (χ2n) is 9.12. The fourth-order valence-corrected chi connectivity index (χ4v) is 4.66. The molecule has 2 aromatic rings. The number of amides is 1. The molecule has 0 spiro atoms. The van der Waals surface area contributed by atoms with Crippen molar-refractivity contribution >= 4 is 34.5 Å². The number of aromatic nitrogens is 1. The van der Waals surface area contributed by atoms with Crippen LogP contribution < -0.4 is 10.2 Å². The SMILES string of the molecule is CC1(C)O/C(=C2/C(=O)Nc3ccc(F)cc32)C=C1c1ccc(N2CCN(CC(=O)O)CC2)nc1. The van der Waals surface area contributed by atoms with Crippen molar-refractivity contribution in [3.63, 3.8) is 0 Å². The van der Waals surface area contributed by atoms with E-state index in [1.807, 2.05) is 37.0 Å². The number of halogens is 1. The minimum Gasteiger partial charge on any atom is -0.482 e. The molecule has 5 rings (SSSR count). The predicted molar refractivity (Wildman–Crippen MR) is 126 cm³/mol. The van der Waals surface area contributed by atoms with Gasteiger partial charge in [-0.15, -0.1) is 0 Å². The third-order valence-corrected chi connectivity index (χ3v) is 6.38. The van der Waals surface area contributed by atoms with Crippen LogP contribution in [0.4, 0.5) is 15.9 Å². The third kappa shape index (κ3) is 4.03. The maximum Gasteiger partial charge on any atom is 0.317 e. The zero-order chi connectivity index (χ0) is 24.0. The number of piperazine rings is 1. The number of benzene rings is 1. The molecular weight excluding hydrogens is 439 g/mol. The first-order chi connectivity index (χ1) is 16.2. The standard InChI is InChI=1S/C25H25FN4O4/c1-25(2)18(12-20(34-25)23-17-11-16(26)4-5-19(17)28-24(23)33)15-3-6-21(27-13-15)30-9-7-29(8-10-30)14-22(31)32/h3-6,11-13H,7-10,14H2,1-2H3,(H,28,33)(H,31,32)/b23-20+. The zero-order valence-corrected chi connectivity index (χ0v) is 19.0. The molecule has 0 bridgehead atoms. The third-order valence-electron chi connectivity index (χ3n) is 6.38. The summed E-state index contributed by atoms with van der Waals surface area (Å²) in [5.41, 5.74) is 2.41. The second kappa shape index (κ2) is 8.25. The van der Waals surface area contributed by atoms with Gasteiger partial charge in [-0.1, -0.05) is 0 Å². The Hall–Kier alpha value is -3.72. The Morgan fingerprint density at radius 1 is 1.21 bits per heavy atom. The number of nitrogens with zero attached hydrogens (tertiary/aromatic N) is 3. The molecule has 1 aromatic carbocycles. The van der Waals surface area contributed by atoms with E-state index in [2.05, 4.69) is 15.2 Å². The molecular formula is C25H25FN4O4. The lowest BCUT2D eigenvalue weighted by Crippen LogP contribution is -2.48. The van der Waals surface area contributed by atoms with Crippen molar-refractivity contribution in [2.45, 2.75) is 19.4 Å². The van der Waals surface area contributed by atoms with Gasteiger partial charge >= 0.3 is 5.97 Å². The van der Waals surface area contributed by atoms with Gasteiger partial charge < -0.3 is 20.1 Å². The lowest BCUT2D eigenvalue weighted by Gasteiger charge is -2.34. The van der Waals surface area contributed by atoms with E-state index in [1.165, 1.54) is 12.1 Å². The number of carboxylic acid groups (broad SMARTS) is 1. The van der Waals surface area contributed by atoms with Crippen molar-refractivity contribution in [2.75, 3.05) is 42.9 Å². The number of pyridine rings is 1. The quantitative estimate of drug-likeness (QED) is 0.672. The van der Waals surface area contributed by atoms with E-state index in [0.717, 1.165) is 17.0 Å². The summed E-state index contributed by atoms with van der Waals surface area (Å²) < 4.78 is 20.0. The first-order valence-electron chi connectivity index (χ1n) is 11.1. The van der Waals surface area contributed by atoms with Gasteiger partial charge in [-0.3, -0.25) is 14.5 Å². The molecule has 0 atom stereocenters. The molecule has 0 unspecified atom stereocenters. The Balaban J connectivity index is 1.40. The maximum atomic E-state index is 13.9. The summed E-state index contributed by atoms with van der Waals surface area (Å²) in [6, 6.07) is 8.11. The highest BCUT2D eigenvalue weighted by Crippen LogP contribution is 2.44. The molecule has 176 valence electrons. The number of rotatable bonds is 4. The molecule has 9 heteroatoms. The van der Waals surface area contributed by atoms with Crippen LogP contribution in [0.5, 0.6) is 0 Å². The fourth-order valence-electron chi connectivity index (χ4n) is 4.66. The predicted octanol–water partition coefficient (Wildman–Crippen LogP) is 2.98. The Morgan fingerprint density at radius 3 is 2.65 bits per heavy atom. The van der Waals surface area contributed by atoms with E-state index < -0.39 is 17.4 Å². The number of fused-ring (bicyclic) bond motifs is 1. The molecule has 1 amide bonds. The van der Waals surface area contributed by atoms with Crippen molar-refractivity contribution in [3.8, 4) is 0 Å². The van der Waals surface area contributed by atoms with Crippen LogP contribution in [-0.2, 0) is 14.3 Å². The van der Waals surface area contributed by atoms with Gasteiger partial charge in [0.15, 0.2) is 0 Å². The molecule has 1 aromatic heterocycles. The van der Waals surface area contributed by atoms with E-state index >= 15 is 0 Å². The van der Waals surface area contributed by atoms with Gasteiger partial charge in [-0.2, -0.15) is 0 Å². The number of carbonyl (C=O) groups is 2. The summed E-state index contributed by atoms with van der Waals surface area (Å²) in [5, 5.41) is 11.7. The van der Waals surface area contributed by atoms with Gasteiger partial charge in [0, 0.05) is 54.8 Å². The molecule has 0 saturated carbocycles. The molecule has 1 fully saturated rings. The first kappa shape index (κ1) is 22.1. The highest BCUT2D eigenvalue weighted by molar-refractivity contribution is 6.32. The average molecular weight is 464 g/mol. The molecule has 1 saturated heterocycles. The number of hydrogen-bond donors (Lipinski definition) is 2. The van der Waals surface area contributed by atoms with Gasteiger partial charge in [-0.05, 0) is 50.3 Å². The minimum absolute atomic E-state index is 0.0520. The van der Waals surface area contributed by atoms with Gasteiger partial charge in [-0.25, -0.2) is 9.37 Å². The molecule has 4 heterocycles. The Morgan fingerprint density at radius 2 is 1.97 bits per heavy atom. The fraction of sp³-hybridized carbons (Fsp3) is 0.320. The topological polar surface area (TPSA) is 95.0 Å². The van der Waals surface area contributed by atoms with E-state index in [4.69, 9.17) is 9.84 Å². The van der Waals surface area contributed by atoms with Crippen molar-refractivity contribution in [2.24, 2.45) is 0 Å². The largest absolute Gasteiger partial charge is 0.482 e. The summed E-state index contributed by atoms with van der Waals surface area (Å²) >= 11 is 0. The second-order valence-corrected chi connectivity index (χ2v) is 9.12. The molecule has 0 aliphatic carbocycles.